The number of fused-ring (bicyclic) bond motifs is 1. The fraction of sp³-hybridized carbons (Fsp3) is 0.455. The van der Waals surface area contributed by atoms with E-state index in [4.69, 9.17) is 5.11 Å². The fourth-order valence-corrected chi connectivity index (χ4v) is 1.76. The van der Waals surface area contributed by atoms with Gasteiger partial charge in [0.25, 0.3) is 5.78 Å². The maximum Gasteiger partial charge on any atom is 0.339 e. The quantitative estimate of drug-likeness (QED) is 0.870. The zero-order valence-electron chi connectivity index (χ0n) is 10.0. The summed E-state index contributed by atoms with van der Waals surface area (Å²) in [5.41, 5.74) is 0.815. The summed E-state index contributed by atoms with van der Waals surface area (Å²) in [4.78, 5) is 19.4. The first-order valence-electron chi connectivity index (χ1n) is 5.52. The van der Waals surface area contributed by atoms with E-state index in [0.717, 1.165) is 0 Å². The second-order valence-electron chi connectivity index (χ2n) is 4.11. The van der Waals surface area contributed by atoms with Gasteiger partial charge in [0.15, 0.2) is 5.82 Å². The number of aryl methyl sites for hydroxylation is 1. The third-order valence-electron chi connectivity index (χ3n) is 2.54. The largest absolute Gasteiger partial charge is 0.478 e. The number of nitrogens with zero attached hydrogens (tertiary/aromatic N) is 4. The number of aromatic carboxylic acids is 1. The van der Waals surface area contributed by atoms with Crippen LogP contribution in [-0.4, -0.2) is 30.7 Å². The highest BCUT2D eigenvalue weighted by atomic mass is 16.4. The summed E-state index contributed by atoms with van der Waals surface area (Å²) in [6, 6.07) is 0. The molecule has 0 aromatic carbocycles. The van der Waals surface area contributed by atoms with E-state index in [1.807, 2.05) is 20.8 Å². The Hall–Kier alpha value is -1.98. The highest BCUT2D eigenvalue weighted by Crippen LogP contribution is 2.19. The molecule has 6 nitrogen and oxygen atoms in total. The van der Waals surface area contributed by atoms with Crippen LogP contribution >= 0.6 is 0 Å². The minimum Gasteiger partial charge on any atom is -0.478 e. The molecule has 0 spiro atoms. The number of hydrogen-bond acceptors (Lipinski definition) is 4. The van der Waals surface area contributed by atoms with Crippen LogP contribution in [0.3, 0.4) is 0 Å². The summed E-state index contributed by atoms with van der Waals surface area (Å²) in [5, 5.41) is 13.4. The minimum atomic E-state index is -0.989. The predicted molar refractivity (Wildman–Crippen MR) is 61.2 cm³/mol. The predicted octanol–water partition coefficient (Wildman–Crippen LogP) is 1.51. The number of aromatic nitrogens is 4. The van der Waals surface area contributed by atoms with E-state index in [1.54, 1.807) is 0 Å². The Labute approximate surface area is 98.3 Å². The third kappa shape index (κ3) is 1.86. The molecule has 0 fully saturated rings. The first-order chi connectivity index (χ1) is 8.04. The number of carboxylic acids is 1. The molecule has 0 saturated carbocycles. The SMILES string of the molecule is CCc1nc2ncc(C(=O)O)c(C(C)C)n2n1. The Morgan fingerprint density at radius 3 is 2.76 bits per heavy atom. The summed E-state index contributed by atoms with van der Waals surface area (Å²) in [6.45, 7) is 5.80. The lowest BCUT2D eigenvalue weighted by Crippen LogP contribution is -2.12. The van der Waals surface area contributed by atoms with E-state index in [1.165, 1.54) is 10.7 Å². The minimum absolute atomic E-state index is 0.0398. The van der Waals surface area contributed by atoms with Crippen molar-refractivity contribution in [3.8, 4) is 0 Å². The summed E-state index contributed by atoms with van der Waals surface area (Å²) in [6.07, 6.45) is 2.05. The molecule has 0 unspecified atom stereocenters. The fourth-order valence-electron chi connectivity index (χ4n) is 1.76. The van der Waals surface area contributed by atoms with Gasteiger partial charge in [-0.3, -0.25) is 0 Å². The molecule has 2 aromatic rings. The van der Waals surface area contributed by atoms with Crippen LogP contribution in [0.15, 0.2) is 6.20 Å². The second kappa shape index (κ2) is 4.12. The van der Waals surface area contributed by atoms with E-state index < -0.39 is 5.97 Å². The topological polar surface area (TPSA) is 80.4 Å². The third-order valence-corrected chi connectivity index (χ3v) is 2.54. The van der Waals surface area contributed by atoms with Crippen LogP contribution in [0.4, 0.5) is 0 Å². The van der Waals surface area contributed by atoms with Crippen molar-refractivity contribution in [3.05, 3.63) is 23.3 Å². The van der Waals surface area contributed by atoms with Gasteiger partial charge in [-0.25, -0.2) is 9.78 Å². The van der Waals surface area contributed by atoms with Gasteiger partial charge in [0.1, 0.15) is 0 Å². The van der Waals surface area contributed by atoms with Crippen LogP contribution in [0, 0.1) is 0 Å². The van der Waals surface area contributed by atoms with E-state index in [-0.39, 0.29) is 11.5 Å². The molecule has 90 valence electrons. The molecule has 0 atom stereocenters. The van der Waals surface area contributed by atoms with Gasteiger partial charge in [-0.05, 0) is 5.92 Å². The molecule has 6 heteroatoms. The molecule has 0 bridgehead atoms. The molecule has 0 radical (unpaired) electrons. The number of rotatable bonds is 3. The molecule has 2 heterocycles. The van der Waals surface area contributed by atoms with Crippen molar-refractivity contribution in [1.29, 1.82) is 0 Å². The number of carboxylic acid groups (broad SMARTS) is 1. The molecule has 0 aliphatic carbocycles. The highest BCUT2D eigenvalue weighted by molar-refractivity contribution is 5.89. The maximum atomic E-state index is 11.1. The van der Waals surface area contributed by atoms with Crippen LogP contribution in [0.5, 0.6) is 0 Å². The number of hydrogen-bond donors (Lipinski definition) is 1. The van der Waals surface area contributed by atoms with Crippen LogP contribution < -0.4 is 0 Å². The van der Waals surface area contributed by atoms with Crippen LogP contribution in [-0.2, 0) is 6.42 Å². The molecule has 1 N–H and O–H groups in total. The van der Waals surface area contributed by atoms with E-state index >= 15 is 0 Å². The standard InChI is InChI=1S/C11H14N4O2/c1-4-8-13-11-12-5-7(10(16)17)9(6(2)3)15(11)14-8/h5-6H,4H2,1-3H3,(H,16,17). The van der Waals surface area contributed by atoms with Gasteiger partial charge >= 0.3 is 5.97 Å². The van der Waals surface area contributed by atoms with Gasteiger partial charge in [-0.15, -0.1) is 5.10 Å². The first kappa shape index (κ1) is 11.5. The number of carbonyl (C=O) groups is 1. The van der Waals surface area contributed by atoms with Crippen LogP contribution in [0.2, 0.25) is 0 Å². The molecular formula is C11H14N4O2. The van der Waals surface area contributed by atoms with Crippen molar-refractivity contribution >= 4 is 11.7 Å². The molecule has 17 heavy (non-hydrogen) atoms. The van der Waals surface area contributed by atoms with Crippen molar-refractivity contribution in [2.75, 3.05) is 0 Å². The zero-order chi connectivity index (χ0) is 12.6. The smallest absolute Gasteiger partial charge is 0.339 e. The summed E-state index contributed by atoms with van der Waals surface area (Å²) in [5.74, 6) is 0.173. The lowest BCUT2D eigenvalue weighted by molar-refractivity contribution is 0.0694. The average Bonchev–Trinajstić information content (AvgIpc) is 2.69. The van der Waals surface area contributed by atoms with Crippen molar-refractivity contribution in [2.45, 2.75) is 33.1 Å². The van der Waals surface area contributed by atoms with Crippen molar-refractivity contribution in [2.24, 2.45) is 0 Å². The van der Waals surface area contributed by atoms with Crippen molar-refractivity contribution in [3.63, 3.8) is 0 Å². The molecule has 0 saturated heterocycles. The maximum absolute atomic E-state index is 11.1. The Bertz CT molecular complexity index is 574. The molecule has 0 aliphatic rings. The summed E-state index contributed by atoms with van der Waals surface area (Å²) in [7, 11) is 0. The van der Waals surface area contributed by atoms with E-state index in [9.17, 15) is 4.79 Å². The Morgan fingerprint density at radius 1 is 1.53 bits per heavy atom. The van der Waals surface area contributed by atoms with Crippen LogP contribution in [0.1, 0.15) is 48.6 Å². The second-order valence-corrected chi connectivity index (χ2v) is 4.11. The monoisotopic (exact) mass is 234 g/mol. The van der Waals surface area contributed by atoms with Gasteiger partial charge < -0.3 is 5.11 Å². The first-order valence-corrected chi connectivity index (χ1v) is 5.52. The van der Waals surface area contributed by atoms with Crippen molar-refractivity contribution in [1.82, 2.24) is 19.6 Å². The van der Waals surface area contributed by atoms with E-state index in [2.05, 4.69) is 15.1 Å². The highest BCUT2D eigenvalue weighted by Gasteiger charge is 2.19. The average molecular weight is 234 g/mol. The lowest BCUT2D eigenvalue weighted by atomic mass is 10.1. The van der Waals surface area contributed by atoms with Gasteiger partial charge in [0.05, 0.1) is 11.3 Å². The van der Waals surface area contributed by atoms with Crippen molar-refractivity contribution < 1.29 is 9.90 Å². The van der Waals surface area contributed by atoms with Gasteiger partial charge in [0, 0.05) is 12.6 Å². The van der Waals surface area contributed by atoms with Gasteiger partial charge in [-0.1, -0.05) is 20.8 Å². The lowest BCUT2D eigenvalue weighted by Gasteiger charge is -2.10. The zero-order valence-corrected chi connectivity index (χ0v) is 10.0. The Kier molecular flexibility index (Phi) is 2.79. The normalized spacial score (nSPS) is 11.3. The molecule has 2 rings (SSSR count). The Morgan fingerprint density at radius 2 is 2.24 bits per heavy atom. The Balaban J connectivity index is 2.78. The van der Waals surface area contributed by atoms with E-state index in [0.29, 0.717) is 23.7 Å². The van der Waals surface area contributed by atoms with Gasteiger partial charge in [0.2, 0.25) is 0 Å². The van der Waals surface area contributed by atoms with Gasteiger partial charge in [-0.2, -0.15) is 9.50 Å². The summed E-state index contributed by atoms with van der Waals surface area (Å²) < 4.78 is 1.53. The molecule has 2 aromatic heterocycles. The molecule has 0 amide bonds. The molecular weight excluding hydrogens is 220 g/mol. The van der Waals surface area contributed by atoms with Crippen LogP contribution in [0.25, 0.3) is 5.78 Å². The summed E-state index contributed by atoms with van der Waals surface area (Å²) >= 11 is 0. The molecule has 0 aliphatic heterocycles.